The molecule has 0 radical (unpaired) electrons. The molecule has 84 valence electrons. The predicted molar refractivity (Wildman–Crippen MR) is 58.2 cm³/mol. The molecule has 16 heavy (non-hydrogen) atoms. The molecule has 0 unspecified atom stereocenters. The predicted octanol–water partition coefficient (Wildman–Crippen LogP) is 1.34. The Bertz CT molecular complexity index is 445. The van der Waals surface area contributed by atoms with Crippen LogP contribution >= 0.6 is 0 Å². The summed E-state index contributed by atoms with van der Waals surface area (Å²) in [6.07, 6.45) is 0.273. The highest BCUT2D eigenvalue weighted by Crippen LogP contribution is 2.26. The van der Waals surface area contributed by atoms with Crippen molar-refractivity contribution < 1.29 is 14.8 Å². The summed E-state index contributed by atoms with van der Waals surface area (Å²) in [6, 6.07) is 4.51. The van der Waals surface area contributed by atoms with Crippen LogP contribution in [0.5, 0.6) is 5.75 Å². The van der Waals surface area contributed by atoms with E-state index < -0.39 is 4.92 Å². The number of ether oxygens (including phenoxy) is 1. The Morgan fingerprint density at radius 2 is 2.31 bits per heavy atom. The molecular weight excluding hydrogens is 210 g/mol. The lowest BCUT2D eigenvalue weighted by Crippen LogP contribution is -1.95. The molecule has 0 aliphatic rings. The van der Waals surface area contributed by atoms with Crippen LogP contribution in [0.4, 0.5) is 5.69 Å². The number of benzene rings is 1. The van der Waals surface area contributed by atoms with Crippen LogP contribution in [0.25, 0.3) is 0 Å². The summed E-state index contributed by atoms with van der Waals surface area (Å²) < 4.78 is 5.00. The van der Waals surface area contributed by atoms with Gasteiger partial charge in [0.1, 0.15) is 11.3 Å². The number of methoxy groups -OCH3 is 1. The zero-order valence-corrected chi connectivity index (χ0v) is 8.77. The van der Waals surface area contributed by atoms with Crippen molar-refractivity contribution in [2.45, 2.75) is 6.42 Å². The number of nitro groups is 1. The van der Waals surface area contributed by atoms with Crippen LogP contribution in [0.15, 0.2) is 18.2 Å². The second kappa shape index (κ2) is 5.73. The molecule has 0 aliphatic carbocycles. The minimum Gasteiger partial charge on any atom is -0.495 e. The standard InChI is InChI=1S/C11H11NO4/c1-16-11-7-4-6-10(12(14)15)9(11)5-2-3-8-13/h4,6-7,13H,3,8H2,1H3. The average molecular weight is 221 g/mol. The fraction of sp³-hybridized carbons (Fsp3) is 0.273. The van der Waals surface area contributed by atoms with Crippen molar-refractivity contribution in [1.29, 1.82) is 0 Å². The monoisotopic (exact) mass is 221 g/mol. The summed E-state index contributed by atoms with van der Waals surface area (Å²) >= 11 is 0. The van der Waals surface area contributed by atoms with Gasteiger partial charge in [0.15, 0.2) is 0 Å². The van der Waals surface area contributed by atoms with Gasteiger partial charge in [0, 0.05) is 12.5 Å². The van der Waals surface area contributed by atoms with Gasteiger partial charge in [-0.1, -0.05) is 17.9 Å². The molecule has 0 fully saturated rings. The molecule has 0 aliphatic heterocycles. The van der Waals surface area contributed by atoms with Crippen molar-refractivity contribution in [2.75, 3.05) is 13.7 Å². The quantitative estimate of drug-likeness (QED) is 0.475. The van der Waals surface area contributed by atoms with Crippen molar-refractivity contribution in [2.24, 2.45) is 0 Å². The minimum atomic E-state index is -0.508. The first kappa shape index (κ1) is 12.0. The van der Waals surface area contributed by atoms with Crippen LogP contribution in [-0.2, 0) is 0 Å². The molecule has 0 heterocycles. The molecule has 1 N–H and O–H groups in total. The number of aliphatic hydroxyl groups excluding tert-OH is 1. The maximum atomic E-state index is 10.8. The van der Waals surface area contributed by atoms with Gasteiger partial charge >= 0.3 is 0 Å². The van der Waals surface area contributed by atoms with Gasteiger partial charge < -0.3 is 9.84 Å². The van der Waals surface area contributed by atoms with Crippen LogP contribution in [0.1, 0.15) is 12.0 Å². The van der Waals surface area contributed by atoms with E-state index in [1.165, 1.54) is 19.2 Å². The van der Waals surface area contributed by atoms with Crippen molar-refractivity contribution in [3.05, 3.63) is 33.9 Å². The largest absolute Gasteiger partial charge is 0.495 e. The number of nitro benzene ring substituents is 1. The van der Waals surface area contributed by atoms with E-state index in [0.29, 0.717) is 5.75 Å². The zero-order valence-electron chi connectivity index (χ0n) is 8.77. The van der Waals surface area contributed by atoms with E-state index in [2.05, 4.69) is 11.8 Å². The van der Waals surface area contributed by atoms with E-state index in [9.17, 15) is 10.1 Å². The Morgan fingerprint density at radius 1 is 1.56 bits per heavy atom. The number of nitrogens with zero attached hydrogens (tertiary/aromatic N) is 1. The topological polar surface area (TPSA) is 72.6 Å². The summed E-state index contributed by atoms with van der Waals surface area (Å²) in [7, 11) is 1.43. The molecule has 0 atom stereocenters. The highest BCUT2D eigenvalue weighted by molar-refractivity contribution is 5.58. The third-order valence-corrected chi connectivity index (χ3v) is 1.87. The molecule has 1 aromatic carbocycles. The van der Waals surface area contributed by atoms with Crippen LogP contribution < -0.4 is 4.74 Å². The van der Waals surface area contributed by atoms with Crippen molar-refractivity contribution in [3.63, 3.8) is 0 Å². The Morgan fingerprint density at radius 3 is 2.88 bits per heavy atom. The third kappa shape index (κ3) is 2.72. The lowest BCUT2D eigenvalue weighted by molar-refractivity contribution is -0.385. The number of hydrogen-bond acceptors (Lipinski definition) is 4. The fourth-order valence-electron chi connectivity index (χ4n) is 1.17. The molecule has 0 saturated heterocycles. The van der Waals surface area contributed by atoms with Gasteiger partial charge in [0.2, 0.25) is 0 Å². The number of hydrogen-bond donors (Lipinski definition) is 1. The summed E-state index contributed by atoms with van der Waals surface area (Å²) in [5.41, 5.74) is 0.147. The third-order valence-electron chi connectivity index (χ3n) is 1.87. The first-order valence-corrected chi connectivity index (χ1v) is 4.61. The van der Waals surface area contributed by atoms with Gasteiger partial charge in [-0.3, -0.25) is 10.1 Å². The summed E-state index contributed by atoms with van der Waals surface area (Å²) in [5, 5.41) is 19.3. The van der Waals surface area contributed by atoms with Crippen LogP contribution in [0.3, 0.4) is 0 Å². The normalized spacial score (nSPS) is 9.12. The smallest absolute Gasteiger partial charge is 0.288 e. The maximum Gasteiger partial charge on any atom is 0.288 e. The summed E-state index contributed by atoms with van der Waals surface area (Å²) in [5.74, 6) is 5.64. The molecule has 0 aromatic heterocycles. The van der Waals surface area contributed by atoms with Gasteiger partial charge in [-0.25, -0.2) is 0 Å². The van der Waals surface area contributed by atoms with Gasteiger partial charge in [-0.2, -0.15) is 0 Å². The van der Waals surface area contributed by atoms with Crippen molar-refractivity contribution in [3.8, 4) is 17.6 Å². The summed E-state index contributed by atoms with van der Waals surface area (Å²) in [6.45, 7) is -0.0735. The minimum absolute atomic E-state index is 0.0735. The maximum absolute atomic E-state index is 10.8. The van der Waals surface area contributed by atoms with Gasteiger partial charge in [-0.15, -0.1) is 0 Å². The van der Waals surface area contributed by atoms with Crippen LogP contribution in [0, 0.1) is 22.0 Å². The molecular formula is C11H11NO4. The molecule has 1 rings (SSSR count). The Labute approximate surface area is 92.8 Å². The SMILES string of the molecule is COc1cccc([N+](=O)[O-])c1C#CCCO. The van der Waals surface area contributed by atoms with Crippen LogP contribution in [-0.4, -0.2) is 23.7 Å². The first-order chi connectivity index (χ1) is 7.70. The molecule has 5 nitrogen and oxygen atoms in total. The lowest BCUT2D eigenvalue weighted by Gasteiger charge is -2.02. The molecule has 1 aromatic rings. The number of aliphatic hydroxyl groups is 1. The first-order valence-electron chi connectivity index (χ1n) is 4.61. The van der Waals surface area contributed by atoms with E-state index in [0.717, 1.165) is 0 Å². The Balaban J connectivity index is 3.21. The average Bonchev–Trinajstić information content (AvgIpc) is 2.29. The van der Waals surface area contributed by atoms with E-state index in [1.807, 2.05) is 0 Å². The van der Waals surface area contributed by atoms with E-state index in [1.54, 1.807) is 6.07 Å². The highest BCUT2D eigenvalue weighted by Gasteiger charge is 2.15. The molecule has 0 saturated carbocycles. The fourth-order valence-corrected chi connectivity index (χ4v) is 1.17. The summed E-state index contributed by atoms with van der Waals surface area (Å²) in [4.78, 5) is 10.2. The highest BCUT2D eigenvalue weighted by atomic mass is 16.6. The molecule has 0 amide bonds. The second-order valence-corrected chi connectivity index (χ2v) is 2.89. The second-order valence-electron chi connectivity index (χ2n) is 2.89. The number of rotatable bonds is 3. The van der Waals surface area contributed by atoms with Crippen LogP contribution in [0.2, 0.25) is 0 Å². The van der Waals surface area contributed by atoms with E-state index >= 15 is 0 Å². The van der Waals surface area contributed by atoms with Gasteiger partial charge in [0.25, 0.3) is 5.69 Å². The zero-order chi connectivity index (χ0) is 12.0. The van der Waals surface area contributed by atoms with E-state index in [-0.39, 0.29) is 24.3 Å². The van der Waals surface area contributed by atoms with Crippen molar-refractivity contribution >= 4 is 5.69 Å². The molecule has 5 heteroatoms. The Hall–Kier alpha value is -2.06. The molecule has 0 spiro atoms. The van der Waals surface area contributed by atoms with Crippen molar-refractivity contribution in [1.82, 2.24) is 0 Å². The van der Waals surface area contributed by atoms with Gasteiger partial charge in [-0.05, 0) is 6.07 Å². The van der Waals surface area contributed by atoms with E-state index in [4.69, 9.17) is 9.84 Å². The Kier molecular flexibility index (Phi) is 4.30. The molecule has 0 bridgehead atoms. The van der Waals surface area contributed by atoms with Gasteiger partial charge in [0.05, 0.1) is 18.6 Å². The lowest BCUT2D eigenvalue weighted by atomic mass is 10.1.